The number of nitrogens with one attached hydrogen (secondary N) is 2. The molecule has 2 N–H and O–H groups in total. The minimum Gasteiger partial charge on any atom is -0.341 e. The summed E-state index contributed by atoms with van der Waals surface area (Å²) < 4.78 is 0. The van der Waals surface area contributed by atoms with Gasteiger partial charge in [-0.05, 0) is 12.3 Å². The fraction of sp³-hybridized carbons (Fsp3) is 0.733. The number of carbonyl (C=O) groups is 3. The van der Waals surface area contributed by atoms with Crippen LogP contribution in [-0.2, 0) is 9.59 Å². The summed E-state index contributed by atoms with van der Waals surface area (Å²) in [6, 6.07) is 0.867. The monoisotopic (exact) mass is 323 g/mol. The van der Waals surface area contributed by atoms with Crippen molar-refractivity contribution >= 4 is 17.8 Å². The summed E-state index contributed by atoms with van der Waals surface area (Å²) in [6.07, 6.45) is 0.496. The summed E-state index contributed by atoms with van der Waals surface area (Å²) in [5.41, 5.74) is 0. The van der Waals surface area contributed by atoms with E-state index in [0.717, 1.165) is 0 Å². The summed E-state index contributed by atoms with van der Waals surface area (Å²) in [6.45, 7) is 7.23. The zero-order chi connectivity index (χ0) is 17.4. The van der Waals surface area contributed by atoms with Crippen LogP contribution in [0, 0.1) is 17.2 Å². The van der Waals surface area contributed by atoms with Crippen LogP contribution in [0.3, 0.4) is 0 Å². The molecular formula is C15H25N5O3. The maximum absolute atomic E-state index is 12.3. The van der Waals surface area contributed by atoms with Gasteiger partial charge in [0.1, 0.15) is 12.6 Å². The minimum atomic E-state index is -0.665. The van der Waals surface area contributed by atoms with Gasteiger partial charge in [0.15, 0.2) is 0 Å². The van der Waals surface area contributed by atoms with Crippen LogP contribution < -0.4 is 10.6 Å². The van der Waals surface area contributed by atoms with Crippen LogP contribution in [-0.4, -0.2) is 66.4 Å². The molecule has 0 saturated carbocycles. The van der Waals surface area contributed by atoms with Gasteiger partial charge >= 0.3 is 6.03 Å². The van der Waals surface area contributed by atoms with E-state index < -0.39 is 6.04 Å². The number of rotatable bonds is 5. The molecule has 0 unspecified atom stereocenters. The fourth-order valence-corrected chi connectivity index (χ4v) is 2.42. The number of piperazine rings is 1. The van der Waals surface area contributed by atoms with E-state index in [0.29, 0.717) is 32.6 Å². The molecule has 128 valence electrons. The molecule has 1 rings (SSSR count). The van der Waals surface area contributed by atoms with E-state index in [4.69, 9.17) is 5.26 Å². The summed E-state index contributed by atoms with van der Waals surface area (Å²) >= 11 is 0. The van der Waals surface area contributed by atoms with Crippen molar-refractivity contribution in [2.24, 2.45) is 5.92 Å². The van der Waals surface area contributed by atoms with Crippen LogP contribution in [0.5, 0.6) is 0 Å². The Morgan fingerprint density at radius 1 is 1.13 bits per heavy atom. The van der Waals surface area contributed by atoms with Crippen LogP contribution in [0.25, 0.3) is 0 Å². The molecule has 1 fully saturated rings. The fourth-order valence-electron chi connectivity index (χ4n) is 2.42. The van der Waals surface area contributed by atoms with Gasteiger partial charge in [0.05, 0.1) is 6.07 Å². The molecular weight excluding hydrogens is 298 g/mol. The molecule has 0 radical (unpaired) electrons. The average molecular weight is 323 g/mol. The number of carbonyl (C=O) groups excluding carboxylic acids is 3. The Kier molecular flexibility index (Phi) is 7.32. The van der Waals surface area contributed by atoms with Crippen LogP contribution >= 0.6 is 0 Å². The highest BCUT2D eigenvalue weighted by Crippen LogP contribution is 2.07. The van der Waals surface area contributed by atoms with E-state index in [1.54, 1.807) is 9.80 Å². The molecule has 1 atom stereocenters. The van der Waals surface area contributed by atoms with Gasteiger partial charge in [-0.3, -0.25) is 9.59 Å². The lowest BCUT2D eigenvalue weighted by molar-refractivity contribution is -0.130. The molecule has 0 spiro atoms. The lowest BCUT2D eigenvalue weighted by Crippen LogP contribution is -2.56. The van der Waals surface area contributed by atoms with Crippen LogP contribution in [0.15, 0.2) is 0 Å². The molecule has 1 aliphatic heterocycles. The Morgan fingerprint density at radius 3 is 2.17 bits per heavy atom. The predicted molar refractivity (Wildman–Crippen MR) is 84.2 cm³/mol. The second kappa shape index (κ2) is 8.98. The highest BCUT2D eigenvalue weighted by atomic mass is 16.2. The summed E-state index contributed by atoms with van der Waals surface area (Å²) in [4.78, 5) is 38.9. The standard InChI is InChI=1S/C15H25N5O3/c1-11(2)10-13(14(22)17-5-4-16)18-15(23)20-8-6-19(7-9-20)12(3)21/h11,13H,5-10H2,1-3H3,(H,17,22)(H,18,23)/t13-/m0/s1. The van der Waals surface area contributed by atoms with Crippen molar-refractivity contribution in [3.8, 4) is 6.07 Å². The molecule has 23 heavy (non-hydrogen) atoms. The topological polar surface area (TPSA) is 106 Å². The van der Waals surface area contributed by atoms with Crippen LogP contribution in [0.2, 0.25) is 0 Å². The molecule has 4 amide bonds. The van der Waals surface area contributed by atoms with Crippen molar-refractivity contribution < 1.29 is 14.4 Å². The number of nitrogens with zero attached hydrogens (tertiary/aromatic N) is 3. The van der Waals surface area contributed by atoms with Gasteiger partial charge in [0.25, 0.3) is 0 Å². The van der Waals surface area contributed by atoms with Gasteiger partial charge in [-0.1, -0.05) is 13.8 Å². The van der Waals surface area contributed by atoms with E-state index in [1.165, 1.54) is 6.92 Å². The first-order valence-corrected chi connectivity index (χ1v) is 7.80. The Balaban J connectivity index is 2.58. The van der Waals surface area contributed by atoms with Crippen molar-refractivity contribution in [2.75, 3.05) is 32.7 Å². The maximum atomic E-state index is 12.3. The first kappa shape index (κ1) is 18.7. The number of amides is 4. The van der Waals surface area contributed by atoms with E-state index in [-0.39, 0.29) is 30.3 Å². The number of hydrogen-bond donors (Lipinski definition) is 2. The number of urea groups is 1. The largest absolute Gasteiger partial charge is 0.341 e. The molecule has 0 aromatic heterocycles. The molecule has 1 saturated heterocycles. The van der Waals surface area contributed by atoms with Crippen LogP contribution in [0.4, 0.5) is 4.79 Å². The van der Waals surface area contributed by atoms with E-state index in [2.05, 4.69) is 10.6 Å². The Labute approximate surface area is 136 Å². The Bertz CT molecular complexity index is 478. The van der Waals surface area contributed by atoms with E-state index in [9.17, 15) is 14.4 Å². The molecule has 1 heterocycles. The predicted octanol–water partition coefficient (Wildman–Crippen LogP) is -0.0854. The second-order valence-electron chi connectivity index (χ2n) is 6.00. The van der Waals surface area contributed by atoms with Crippen molar-refractivity contribution in [1.82, 2.24) is 20.4 Å². The molecule has 8 nitrogen and oxygen atoms in total. The van der Waals surface area contributed by atoms with Gasteiger partial charge in [-0.2, -0.15) is 5.26 Å². The molecule has 0 aliphatic carbocycles. The second-order valence-corrected chi connectivity index (χ2v) is 6.00. The van der Waals surface area contributed by atoms with E-state index >= 15 is 0 Å². The minimum absolute atomic E-state index is 0.00127. The highest BCUT2D eigenvalue weighted by molar-refractivity contribution is 5.87. The Morgan fingerprint density at radius 2 is 1.70 bits per heavy atom. The average Bonchev–Trinajstić information content (AvgIpc) is 2.51. The third-order valence-corrected chi connectivity index (χ3v) is 3.68. The van der Waals surface area contributed by atoms with Crippen molar-refractivity contribution in [3.63, 3.8) is 0 Å². The number of hydrogen-bond acceptors (Lipinski definition) is 4. The molecule has 1 aliphatic rings. The quantitative estimate of drug-likeness (QED) is 0.690. The van der Waals surface area contributed by atoms with Crippen molar-refractivity contribution in [3.05, 3.63) is 0 Å². The molecule has 0 aromatic carbocycles. The first-order chi connectivity index (χ1) is 10.8. The van der Waals surface area contributed by atoms with Gasteiger partial charge in [-0.25, -0.2) is 4.79 Å². The third-order valence-electron chi connectivity index (χ3n) is 3.68. The van der Waals surface area contributed by atoms with Gasteiger partial charge < -0.3 is 20.4 Å². The van der Waals surface area contributed by atoms with Gasteiger partial charge in [0.2, 0.25) is 11.8 Å². The summed E-state index contributed by atoms with van der Waals surface area (Å²) in [5.74, 6) is -0.128. The van der Waals surface area contributed by atoms with Gasteiger partial charge in [0, 0.05) is 33.1 Å². The zero-order valence-electron chi connectivity index (χ0n) is 14.0. The zero-order valence-corrected chi connectivity index (χ0v) is 14.0. The van der Waals surface area contributed by atoms with Crippen molar-refractivity contribution in [1.29, 1.82) is 5.26 Å². The summed E-state index contributed by atoms with van der Waals surface area (Å²) in [5, 5.41) is 13.8. The first-order valence-electron chi connectivity index (χ1n) is 7.80. The highest BCUT2D eigenvalue weighted by Gasteiger charge is 2.27. The van der Waals surface area contributed by atoms with Gasteiger partial charge in [-0.15, -0.1) is 0 Å². The molecule has 0 aromatic rings. The number of nitriles is 1. The molecule has 0 bridgehead atoms. The lowest BCUT2D eigenvalue weighted by atomic mass is 10.0. The Hall–Kier alpha value is -2.30. The maximum Gasteiger partial charge on any atom is 0.318 e. The smallest absolute Gasteiger partial charge is 0.318 e. The SMILES string of the molecule is CC(=O)N1CCN(C(=O)N[C@@H](CC(C)C)C(=O)NCC#N)CC1. The van der Waals surface area contributed by atoms with E-state index in [1.807, 2.05) is 19.9 Å². The molecule has 8 heteroatoms. The van der Waals surface area contributed by atoms with Crippen molar-refractivity contribution in [2.45, 2.75) is 33.2 Å². The summed E-state index contributed by atoms with van der Waals surface area (Å²) in [7, 11) is 0. The van der Waals surface area contributed by atoms with Crippen LogP contribution in [0.1, 0.15) is 27.2 Å². The lowest BCUT2D eigenvalue weighted by Gasteiger charge is -2.35. The third kappa shape index (κ3) is 6.14. The normalized spacial score (nSPS) is 15.8.